The van der Waals surface area contributed by atoms with Crippen LogP contribution in [0.5, 0.6) is 0 Å². The molecule has 2 amide bonds. The van der Waals surface area contributed by atoms with Gasteiger partial charge in [0, 0.05) is 18.8 Å². The van der Waals surface area contributed by atoms with E-state index in [-0.39, 0.29) is 11.8 Å². The number of carbonyl (C=O) groups excluding carboxylic acids is 2. The molecular formula is C28H28N2O2. The number of carbonyl (C=O) groups is 2. The molecule has 4 nitrogen and oxygen atoms in total. The predicted octanol–water partition coefficient (Wildman–Crippen LogP) is 5.15. The zero-order chi connectivity index (χ0) is 22.7. The third-order valence-electron chi connectivity index (χ3n) is 5.92. The second kappa shape index (κ2) is 9.23. The van der Waals surface area contributed by atoms with Gasteiger partial charge in [0.1, 0.15) is 5.70 Å². The molecule has 0 spiro atoms. The Balaban J connectivity index is 1.79. The number of benzene rings is 3. The Morgan fingerprint density at radius 2 is 1.47 bits per heavy atom. The van der Waals surface area contributed by atoms with Crippen LogP contribution in [0.1, 0.15) is 29.2 Å². The van der Waals surface area contributed by atoms with Gasteiger partial charge >= 0.3 is 0 Å². The van der Waals surface area contributed by atoms with Crippen LogP contribution in [0.2, 0.25) is 0 Å². The quantitative estimate of drug-likeness (QED) is 0.493. The topological polar surface area (TPSA) is 40.6 Å². The monoisotopic (exact) mass is 424 g/mol. The Kier molecular flexibility index (Phi) is 6.22. The molecule has 4 rings (SSSR count). The molecule has 0 N–H and O–H groups in total. The molecule has 32 heavy (non-hydrogen) atoms. The molecule has 0 saturated heterocycles. The summed E-state index contributed by atoms with van der Waals surface area (Å²) in [6, 6.07) is 25.8. The first-order chi connectivity index (χ1) is 15.5. The number of rotatable bonds is 7. The highest BCUT2D eigenvalue weighted by Gasteiger charge is 2.41. The first kappa shape index (κ1) is 21.6. The van der Waals surface area contributed by atoms with E-state index in [1.165, 1.54) is 4.90 Å². The molecule has 0 fully saturated rings. The molecule has 3 aromatic carbocycles. The summed E-state index contributed by atoms with van der Waals surface area (Å²) >= 11 is 0. The maximum Gasteiger partial charge on any atom is 0.278 e. The lowest BCUT2D eigenvalue weighted by Gasteiger charge is -2.25. The smallest absolute Gasteiger partial charge is 0.278 e. The number of anilines is 1. The van der Waals surface area contributed by atoms with Crippen LogP contribution in [-0.4, -0.2) is 29.8 Å². The van der Waals surface area contributed by atoms with Gasteiger partial charge in [-0.2, -0.15) is 0 Å². The molecule has 0 aliphatic carbocycles. The van der Waals surface area contributed by atoms with Gasteiger partial charge in [0.15, 0.2) is 0 Å². The van der Waals surface area contributed by atoms with Crippen molar-refractivity contribution in [2.24, 2.45) is 0 Å². The van der Waals surface area contributed by atoms with E-state index in [0.717, 1.165) is 27.9 Å². The van der Waals surface area contributed by atoms with E-state index in [4.69, 9.17) is 0 Å². The molecule has 0 saturated carbocycles. The number of aryl methyl sites for hydroxylation is 2. The van der Waals surface area contributed by atoms with Crippen molar-refractivity contribution in [2.75, 3.05) is 18.0 Å². The van der Waals surface area contributed by atoms with E-state index in [1.54, 1.807) is 0 Å². The van der Waals surface area contributed by atoms with E-state index in [1.807, 2.05) is 98.5 Å². The zero-order valence-corrected chi connectivity index (χ0v) is 18.8. The van der Waals surface area contributed by atoms with Gasteiger partial charge in [0.2, 0.25) is 0 Å². The van der Waals surface area contributed by atoms with Gasteiger partial charge in [-0.1, -0.05) is 72.3 Å². The van der Waals surface area contributed by atoms with Crippen LogP contribution in [0, 0.1) is 13.8 Å². The standard InChI is InChI=1S/C28H28N2O2/c1-4-29(23-13-9-6-10-14-23)26-25(24-16-15-20(2)19-21(24)3)27(31)30(28(26)32)18-17-22-11-7-5-8-12-22/h5-16,19H,4,17-18H2,1-3H3. The van der Waals surface area contributed by atoms with Crippen molar-refractivity contribution in [3.8, 4) is 0 Å². The van der Waals surface area contributed by atoms with Gasteiger partial charge in [-0.15, -0.1) is 0 Å². The normalized spacial score (nSPS) is 13.8. The predicted molar refractivity (Wildman–Crippen MR) is 129 cm³/mol. The fourth-order valence-corrected chi connectivity index (χ4v) is 4.32. The minimum atomic E-state index is -0.230. The first-order valence-electron chi connectivity index (χ1n) is 11.1. The molecule has 0 radical (unpaired) electrons. The van der Waals surface area contributed by atoms with E-state index < -0.39 is 0 Å². The SMILES string of the molecule is CCN(C1=C(c2ccc(C)cc2C)C(=O)N(CCc2ccccc2)C1=O)c1ccccc1. The summed E-state index contributed by atoms with van der Waals surface area (Å²) in [7, 11) is 0. The van der Waals surface area contributed by atoms with Crippen LogP contribution < -0.4 is 4.90 Å². The molecule has 1 aliphatic heterocycles. The van der Waals surface area contributed by atoms with Gasteiger partial charge in [-0.05, 0) is 56.0 Å². The number of likely N-dealkylation sites (N-methyl/N-ethyl adjacent to an activating group) is 1. The number of para-hydroxylation sites is 1. The summed E-state index contributed by atoms with van der Waals surface area (Å²) in [6.45, 7) is 6.97. The van der Waals surface area contributed by atoms with Crippen molar-refractivity contribution in [2.45, 2.75) is 27.2 Å². The van der Waals surface area contributed by atoms with Crippen LogP contribution in [0.3, 0.4) is 0 Å². The van der Waals surface area contributed by atoms with Crippen LogP contribution >= 0.6 is 0 Å². The molecule has 162 valence electrons. The molecule has 0 unspecified atom stereocenters. The average Bonchev–Trinajstić information content (AvgIpc) is 3.04. The molecule has 4 heteroatoms. The number of imide groups is 1. The van der Waals surface area contributed by atoms with E-state index in [0.29, 0.717) is 30.8 Å². The number of nitrogens with zero attached hydrogens (tertiary/aromatic N) is 2. The Morgan fingerprint density at radius 1 is 0.812 bits per heavy atom. The molecule has 0 atom stereocenters. The molecular weight excluding hydrogens is 396 g/mol. The van der Waals surface area contributed by atoms with Gasteiger partial charge in [0.25, 0.3) is 11.8 Å². The first-order valence-corrected chi connectivity index (χ1v) is 11.1. The van der Waals surface area contributed by atoms with Gasteiger partial charge in [-0.3, -0.25) is 14.5 Å². The Hall–Kier alpha value is -3.66. The Labute approximate surface area is 189 Å². The van der Waals surface area contributed by atoms with Crippen molar-refractivity contribution in [3.63, 3.8) is 0 Å². The number of hydrogen-bond acceptors (Lipinski definition) is 3. The summed E-state index contributed by atoms with van der Waals surface area (Å²) in [5.41, 5.74) is 5.90. The summed E-state index contributed by atoms with van der Waals surface area (Å²) in [6.07, 6.45) is 0.628. The van der Waals surface area contributed by atoms with Crippen molar-refractivity contribution in [1.29, 1.82) is 0 Å². The van der Waals surface area contributed by atoms with Crippen molar-refractivity contribution in [1.82, 2.24) is 4.90 Å². The fourth-order valence-electron chi connectivity index (χ4n) is 4.32. The maximum absolute atomic E-state index is 13.7. The molecule has 3 aromatic rings. The zero-order valence-electron chi connectivity index (χ0n) is 18.8. The van der Waals surface area contributed by atoms with Gasteiger partial charge in [-0.25, -0.2) is 0 Å². The lowest BCUT2D eigenvalue weighted by Crippen LogP contribution is -2.36. The summed E-state index contributed by atoms with van der Waals surface area (Å²) in [5.74, 6) is -0.450. The van der Waals surface area contributed by atoms with Crippen LogP contribution in [-0.2, 0) is 16.0 Å². The third-order valence-corrected chi connectivity index (χ3v) is 5.92. The summed E-state index contributed by atoms with van der Waals surface area (Å²) in [5, 5.41) is 0. The lowest BCUT2D eigenvalue weighted by molar-refractivity contribution is -0.136. The Bertz CT molecular complexity index is 1170. The largest absolute Gasteiger partial charge is 0.337 e. The van der Waals surface area contributed by atoms with Crippen LogP contribution in [0.15, 0.2) is 84.6 Å². The average molecular weight is 425 g/mol. The number of amides is 2. The Morgan fingerprint density at radius 3 is 2.09 bits per heavy atom. The van der Waals surface area contributed by atoms with Crippen molar-refractivity contribution < 1.29 is 9.59 Å². The number of hydrogen-bond donors (Lipinski definition) is 0. The minimum absolute atomic E-state index is 0.220. The highest BCUT2D eigenvalue weighted by Crippen LogP contribution is 2.35. The second-order valence-corrected chi connectivity index (χ2v) is 8.12. The minimum Gasteiger partial charge on any atom is -0.337 e. The van der Waals surface area contributed by atoms with E-state index >= 15 is 0 Å². The molecule has 0 aromatic heterocycles. The lowest BCUT2D eigenvalue weighted by atomic mass is 9.97. The molecule has 0 bridgehead atoms. The highest BCUT2D eigenvalue weighted by atomic mass is 16.2. The summed E-state index contributed by atoms with van der Waals surface area (Å²) < 4.78 is 0. The third kappa shape index (κ3) is 4.09. The van der Waals surface area contributed by atoms with E-state index in [2.05, 4.69) is 6.07 Å². The second-order valence-electron chi connectivity index (χ2n) is 8.12. The van der Waals surface area contributed by atoms with Gasteiger partial charge in [0.05, 0.1) is 5.57 Å². The molecule has 1 heterocycles. The maximum atomic E-state index is 13.7. The van der Waals surface area contributed by atoms with Crippen LogP contribution in [0.4, 0.5) is 5.69 Å². The fraction of sp³-hybridized carbons (Fsp3) is 0.214. The van der Waals surface area contributed by atoms with Crippen LogP contribution in [0.25, 0.3) is 5.57 Å². The van der Waals surface area contributed by atoms with Crippen molar-refractivity contribution >= 4 is 23.1 Å². The summed E-state index contributed by atoms with van der Waals surface area (Å²) in [4.78, 5) is 30.7. The van der Waals surface area contributed by atoms with E-state index in [9.17, 15) is 9.59 Å². The van der Waals surface area contributed by atoms with Gasteiger partial charge < -0.3 is 4.90 Å². The van der Waals surface area contributed by atoms with Crippen molar-refractivity contribution in [3.05, 3.63) is 107 Å². The highest BCUT2D eigenvalue weighted by molar-refractivity contribution is 6.37. The molecule has 1 aliphatic rings.